The van der Waals surface area contributed by atoms with Crippen LogP contribution in [-0.2, 0) is 11.8 Å². The lowest BCUT2D eigenvalue weighted by Crippen LogP contribution is -2.17. The molecule has 6 heteroatoms. The highest BCUT2D eigenvalue weighted by atomic mass is 32.1. The highest BCUT2D eigenvalue weighted by molar-refractivity contribution is 7.14. The molecule has 1 N–H and O–H groups in total. The van der Waals surface area contributed by atoms with E-state index in [2.05, 4.69) is 15.4 Å². The summed E-state index contributed by atoms with van der Waals surface area (Å²) in [6.07, 6.45) is 1.81. The molecule has 0 aliphatic heterocycles. The standard InChI is InChI=1S/C17H18N4OS/c1-11(2)16(22)20-17-19-14(10-23-17)13-9-18-21(3)15(13)12-7-5-4-6-8-12/h4-11H,1-3H3,(H,19,20,22). The number of benzene rings is 1. The van der Waals surface area contributed by atoms with Gasteiger partial charge in [-0.25, -0.2) is 4.98 Å². The molecule has 0 unspecified atom stereocenters. The van der Waals surface area contributed by atoms with Crippen LogP contribution in [-0.4, -0.2) is 20.7 Å². The predicted octanol–water partition coefficient (Wildman–Crippen LogP) is 3.81. The number of nitrogens with zero attached hydrogens (tertiary/aromatic N) is 3. The van der Waals surface area contributed by atoms with E-state index in [-0.39, 0.29) is 11.8 Å². The van der Waals surface area contributed by atoms with E-state index in [0.29, 0.717) is 5.13 Å². The van der Waals surface area contributed by atoms with Gasteiger partial charge in [-0.1, -0.05) is 44.2 Å². The summed E-state index contributed by atoms with van der Waals surface area (Å²) >= 11 is 1.42. The highest BCUT2D eigenvalue weighted by Gasteiger charge is 2.16. The van der Waals surface area contributed by atoms with Crippen molar-refractivity contribution in [1.82, 2.24) is 14.8 Å². The van der Waals surface area contributed by atoms with E-state index in [4.69, 9.17) is 0 Å². The second-order valence-electron chi connectivity index (χ2n) is 5.58. The molecule has 3 rings (SSSR count). The molecule has 0 bridgehead atoms. The number of carbonyl (C=O) groups is 1. The third-order valence-electron chi connectivity index (χ3n) is 3.52. The summed E-state index contributed by atoms with van der Waals surface area (Å²) in [6.45, 7) is 3.72. The van der Waals surface area contributed by atoms with E-state index in [1.165, 1.54) is 11.3 Å². The molecule has 1 aromatic carbocycles. The quantitative estimate of drug-likeness (QED) is 0.793. The first-order chi connectivity index (χ1) is 11.1. The van der Waals surface area contributed by atoms with Gasteiger partial charge in [-0.2, -0.15) is 5.10 Å². The number of anilines is 1. The molecule has 3 aromatic rings. The van der Waals surface area contributed by atoms with E-state index in [0.717, 1.165) is 22.5 Å². The molecule has 2 heterocycles. The van der Waals surface area contributed by atoms with Gasteiger partial charge in [0.05, 0.1) is 17.6 Å². The largest absolute Gasteiger partial charge is 0.302 e. The first-order valence-electron chi connectivity index (χ1n) is 7.40. The predicted molar refractivity (Wildman–Crippen MR) is 93.2 cm³/mol. The molecular formula is C17H18N4OS. The second kappa shape index (κ2) is 6.34. The molecule has 118 valence electrons. The smallest absolute Gasteiger partial charge is 0.228 e. The minimum atomic E-state index is -0.0689. The summed E-state index contributed by atoms with van der Waals surface area (Å²) in [5.41, 5.74) is 3.88. The van der Waals surface area contributed by atoms with Crippen molar-refractivity contribution in [3.05, 3.63) is 41.9 Å². The van der Waals surface area contributed by atoms with Gasteiger partial charge >= 0.3 is 0 Å². The third kappa shape index (κ3) is 3.17. The lowest BCUT2D eigenvalue weighted by atomic mass is 10.1. The Bertz CT molecular complexity index is 820. The Kier molecular flexibility index (Phi) is 4.25. The van der Waals surface area contributed by atoms with Gasteiger partial charge in [0.1, 0.15) is 0 Å². The van der Waals surface area contributed by atoms with Crippen molar-refractivity contribution in [3.8, 4) is 22.5 Å². The second-order valence-corrected chi connectivity index (χ2v) is 6.44. The monoisotopic (exact) mass is 326 g/mol. The van der Waals surface area contributed by atoms with Crippen LogP contribution in [0.4, 0.5) is 5.13 Å². The van der Waals surface area contributed by atoms with E-state index in [1.54, 1.807) is 0 Å². The first-order valence-corrected chi connectivity index (χ1v) is 8.28. The minimum Gasteiger partial charge on any atom is -0.302 e. The number of aromatic nitrogens is 3. The third-order valence-corrected chi connectivity index (χ3v) is 4.28. The summed E-state index contributed by atoms with van der Waals surface area (Å²) in [6, 6.07) is 10.1. The molecule has 0 aliphatic carbocycles. The van der Waals surface area contributed by atoms with Crippen LogP contribution in [0.2, 0.25) is 0 Å². The molecule has 0 saturated heterocycles. The zero-order chi connectivity index (χ0) is 16.4. The summed E-state index contributed by atoms with van der Waals surface area (Å²) < 4.78 is 1.84. The molecule has 1 amide bonds. The lowest BCUT2D eigenvalue weighted by molar-refractivity contribution is -0.118. The summed E-state index contributed by atoms with van der Waals surface area (Å²) in [5.74, 6) is -0.0963. The molecule has 2 aromatic heterocycles. The summed E-state index contributed by atoms with van der Waals surface area (Å²) in [7, 11) is 1.92. The minimum absolute atomic E-state index is 0.0274. The molecular weight excluding hydrogens is 308 g/mol. The van der Waals surface area contributed by atoms with Gasteiger partial charge < -0.3 is 5.32 Å². The molecule has 0 spiro atoms. The average Bonchev–Trinajstić information content (AvgIpc) is 3.14. The zero-order valence-electron chi connectivity index (χ0n) is 13.3. The molecule has 0 atom stereocenters. The van der Waals surface area contributed by atoms with Crippen molar-refractivity contribution in [1.29, 1.82) is 0 Å². The SMILES string of the molecule is CC(C)C(=O)Nc1nc(-c2cnn(C)c2-c2ccccc2)cs1. The van der Waals surface area contributed by atoms with Gasteiger partial charge in [0.15, 0.2) is 5.13 Å². The fourth-order valence-electron chi connectivity index (χ4n) is 2.27. The maximum atomic E-state index is 11.8. The van der Waals surface area contributed by atoms with Crippen LogP contribution in [0.1, 0.15) is 13.8 Å². The van der Waals surface area contributed by atoms with Crippen molar-refractivity contribution in [3.63, 3.8) is 0 Å². The Morgan fingerprint density at radius 1 is 1.26 bits per heavy atom. The Morgan fingerprint density at radius 3 is 2.70 bits per heavy atom. The van der Waals surface area contributed by atoms with Crippen molar-refractivity contribution in [2.75, 3.05) is 5.32 Å². The van der Waals surface area contributed by atoms with E-state index in [9.17, 15) is 4.79 Å². The van der Waals surface area contributed by atoms with E-state index < -0.39 is 0 Å². The molecule has 0 radical (unpaired) electrons. The fraction of sp³-hybridized carbons (Fsp3) is 0.235. The molecule has 0 saturated carbocycles. The number of aryl methyl sites for hydroxylation is 1. The van der Waals surface area contributed by atoms with Crippen molar-refractivity contribution in [2.24, 2.45) is 13.0 Å². The van der Waals surface area contributed by atoms with Crippen LogP contribution in [0.5, 0.6) is 0 Å². The molecule has 23 heavy (non-hydrogen) atoms. The molecule has 5 nitrogen and oxygen atoms in total. The first kappa shape index (κ1) is 15.4. The highest BCUT2D eigenvalue weighted by Crippen LogP contribution is 2.33. The number of hydrogen-bond donors (Lipinski definition) is 1. The van der Waals surface area contributed by atoms with Crippen molar-refractivity contribution >= 4 is 22.4 Å². The number of carbonyl (C=O) groups excluding carboxylic acids is 1. The van der Waals surface area contributed by atoms with Gasteiger partial charge in [-0.05, 0) is 0 Å². The van der Waals surface area contributed by atoms with Crippen molar-refractivity contribution < 1.29 is 4.79 Å². The van der Waals surface area contributed by atoms with Gasteiger partial charge in [0.25, 0.3) is 0 Å². The number of amides is 1. The Hall–Kier alpha value is -2.47. The lowest BCUT2D eigenvalue weighted by Gasteiger charge is -2.05. The van der Waals surface area contributed by atoms with Crippen LogP contribution in [0.25, 0.3) is 22.5 Å². The Labute approximate surface area is 139 Å². The van der Waals surface area contributed by atoms with Crippen LogP contribution in [0.15, 0.2) is 41.9 Å². The maximum absolute atomic E-state index is 11.8. The zero-order valence-corrected chi connectivity index (χ0v) is 14.1. The summed E-state index contributed by atoms with van der Waals surface area (Å²) in [4.78, 5) is 16.3. The van der Waals surface area contributed by atoms with E-state index >= 15 is 0 Å². The fourth-order valence-corrected chi connectivity index (χ4v) is 2.98. The molecule has 0 fully saturated rings. The van der Waals surface area contributed by atoms with Crippen molar-refractivity contribution in [2.45, 2.75) is 13.8 Å². The number of hydrogen-bond acceptors (Lipinski definition) is 4. The number of nitrogens with one attached hydrogen (secondary N) is 1. The van der Waals surface area contributed by atoms with Gasteiger partial charge in [0.2, 0.25) is 5.91 Å². The molecule has 0 aliphatic rings. The van der Waals surface area contributed by atoms with Gasteiger partial charge in [0, 0.05) is 29.5 Å². The van der Waals surface area contributed by atoms with Crippen LogP contribution in [0.3, 0.4) is 0 Å². The van der Waals surface area contributed by atoms with Crippen LogP contribution in [0, 0.1) is 5.92 Å². The summed E-state index contributed by atoms with van der Waals surface area (Å²) in [5, 5.41) is 9.76. The number of rotatable bonds is 4. The average molecular weight is 326 g/mol. The number of thiazole rings is 1. The maximum Gasteiger partial charge on any atom is 0.228 e. The van der Waals surface area contributed by atoms with Crippen LogP contribution >= 0.6 is 11.3 Å². The Balaban J connectivity index is 1.95. The van der Waals surface area contributed by atoms with Gasteiger partial charge in [-0.15, -0.1) is 11.3 Å². The Morgan fingerprint density at radius 2 is 2.00 bits per heavy atom. The van der Waals surface area contributed by atoms with E-state index in [1.807, 2.05) is 67.5 Å². The topological polar surface area (TPSA) is 59.8 Å². The van der Waals surface area contributed by atoms with Gasteiger partial charge in [-0.3, -0.25) is 9.48 Å². The van der Waals surface area contributed by atoms with Crippen LogP contribution < -0.4 is 5.32 Å². The normalized spacial score (nSPS) is 11.0.